The van der Waals surface area contributed by atoms with Crippen LogP contribution in [0.5, 0.6) is 0 Å². The van der Waals surface area contributed by atoms with E-state index < -0.39 is 10.0 Å². The van der Waals surface area contributed by atoms with Gasteiger partial charge in [-0.25, -0.2) is 8.42 Å². The normalized spacial score (nSPS) is 15.1. The Labute approximate surface area is 148 Å². The number of carbonyl (C=O) groups is 1. The van der Waals surface area contributed by atoms with Crippen LogP contribution in [0.4, 0.5) is 5.69 Å². The molecule has 3 rings (SSSR count). The van der Waals surface area contributed by atoms with Crippen LogP contribution in [0, 0.1) is 0 Å². The molecule has 1 fully saturated rings. The summed E-state index contributed by atoms with van der Waals surface area (Å²) in [6.07, 6.45) is 1.40. The van der Waals surface area contributed by atoms with E-state index in [9.17, 15) is 13.2 Å². The fraction of sp³-hybridized carbons (Fsp3) is 0.316. The molecular weight excluding hydrogens is 336 g/mol. The van der Waals surface area contributed by atoms with Gasteiger partial charge in [-0.05, 0) is 36.2 Å². The first kappa shape index (κ1) is 17.6. The molecule has 0 aromatic heterocycles. The Kier molecular flexibility index (Phi) is 5.20. The number of hydrogen-bond donors (Lipinski definition) is 0. The molecule has 0 radical (unpaired) electrons. The summed E-state index contributed by atoms with van der Waals surface area (Å²) in [6.45, 7) is 3.26. The summed E-state index contributed by atoms with van der Waals surface area (Å²) in [5.74, 6) is 0.0925. The molecule has 1 aliphatic rings. The molecule has 5 nitrogen and oxygen atoms in total. The minimum absolute atomic E-state index is 0.0925. The highest BCUT2D eigenvalue weighted by atomic mass is 32.2. The van der Waals surface area contributed by atoms with Gasteiger partial charge in [0, 0.05) is 31.7 Å². The third kappa shape index (κ3) is 3.75. The smallest absolute Gasteiger partial charge is 0.243 e. The molecule has 0 N–H and O–H groups in total. The SMILES string of the molecule is CCN(Cc1ccccc1)S(=O)(=O)c1ccc(N2CCCC2=O)cc1. The van der Waals surface area contributed by atoms with E-state index in [2.05, 4.69) is 0 Å². The summed E-state index contributed by atoms with van der Waals surface area (Å²) < 4.78 is 27.3. The number of rotatable bonds is 6. The van der Waals surface area contributed by atoms with Gasteiger partial charge in [-0.1, -0.05) is 37.3 Å². The Morgan fingerprint density at radius 3 is 2.28 bits per heavy atom. The monoisotopic (exact) mass is 358 g/mol. The molecule has 1 amide bonds. The van der Waals surface area contributed by atoms with Gasteiger partial charge in [0.25, 0.3) is 0 Å². The average molecular weight is 358 g/mol. The summed E-state index contributed by atoms with van der Waals surface area (Å²) in [4.78, 5) is 13.8. The quantitative estimate of drug-likeness (QED) is 0.797. The number of hydrogen-bond acceptors (Lipinski definition) is 3. The molecule has 0 saturated carbocycles. The van der Waals surface area contributed by atoms with Gasteiger partial charge in [0.1, 0.15) is 0 Å². The van der Waals surface area contributed by atoms with Crippen LogP contribution in [0.2, 0.25) is 0 Å². The van der Waals surface area contributed by atoms with Gasteiger partial charge in [-0.3, -0.25) is 4.79 Å². The zero-order chi connectivity index (χ0) is 17.9. The fourth-order valence-electron chi connectivity index (χ4n) is 3.02. The van der Waals surface area contributed by atoms with Crippen molar-refractivity contribution in [3.8, 4) is 0 Å². The zero-order valence-corrected chi connectivity index (χ0v) is 15.1. The van der Waals surface area contributed by atoms with Gasteiger partial charge >= 0.3 is 0 Å². The van der Waals surface area contributed by atoms with Crippen molar-refractivity contribution in [3.05, 3.63) is 60.2 Å². The van der Waals surface area contributed by atoms with Crippen LogP contribution in [0.15, 0.2) is 59.5 Å². The van der Waals surface area contributed by atoms with E-state index in [-0.39, 0.29) is 10.8 Å². The Bertz CT molecular complexity index is 833. The maximum Gasteiger partial charge on any atom is 0.243 e. The summed E-state index contributed by atoms with van der Waals surface area (Å²) in [7, 11) is -3.57. The molecular formula is C19H22N2O3S. The maximum absolute atomic E-state index is 12.9. The zero-order valence-electron chi connectivity index (χ0n) is 14.3. The molecule has 0 aliphatic carbocycles. The highest BCUT2D eigenvalue weighted by Gasteiger charge is 2.25. The Hall–Kier alpha value is -2.18. The number of sulfonamides is 1. The number of carbonyl (C=O) groups excluding carboxylic acids is 1. The van der Waals surface area contributed by atoms with Gasteiger partial charge in [0.05, 0.1) is 4.90 Å². The predicted molar refractivity (Wildman–Crippen MR) is 97.7 cm³/mol. The highest BCUT2D eigenvalue weighted by molar-refractivity contribution is 7.89. The Morgan fingerprint density at radius 1 is 1.04 bits per heavy atom. The molecule has 132 valence electrons. The van der Waals surface area contributed by atoms with E-state index in [1.807, 2.05) is 37.3 Å². The van der Waals surface area contributed by atoms with Crippen molar-refractivity contribution in [3.63, 3.8) is 0 Å². The lowest BCUT2D eigenvalue weighted by molar-refractivity contribution is -0.117. The van der Waals surface area contributed by atoms with E-state index in [0.29, 0.717) is 26.1 Å². The first-order valence-electron chi connectivity index (χ1n) is 8.47. The van der Waals surface area contributed by atoms with Crippen molar-refractivity contribution in [2.45, 2.75) is 31.2 Å². The lowest BCUT2D eigenvalue weighted by atomic mass is 10.2. The van der Waals surface area contributed by atoms with Crippen LogP contribution in [0.3, 0.4) is 0 Å². The standard InChI is InChI=1S/C19H22N2O3S/c1-2-20(15-16-7-4-3-5-8-16)25(23,24)18-12-10-17(11-13-18)21-14-6-9-19(21)22/h3-5,7-8,10-13H,2,6,9,14-15H2,1H3. The molecule has 6 heteroatoms. The summed E-state index contributed by atoms with van der Waals surface area (Å²) in [5.41, 5.74) is 1.71. The first-order valence-corrected chi connectivity index (χ1v) is 9.91. The lowest BCUT2D eigenvalue weighted by Crippen LogP contribution is -2.30. The molecule has 0 atom stereocenters. The third-order valence-electron chi connectivity index (χ3n) is 4.41. The number of nitrogens with zero attached hydrogens (tertiary/aromatic N) is 2. The van der Waals surface area contributed by atoms with Crippen molar-refractivity contribution in [1.82, 2.24) is 4.31 Å². The predicted octanol–water partition coefficient (Wildman–Crippen LogP) is 3.02. The minimum atomic E-state index is -3.57. The van der Waals surface area contributed by atoms with Gasteiger partial charge in [0.2, 0.25) is 15.9 Å². The second-order valence-electron chi connectivity index (χ2n) is 6.06. The average Bonchev–Trinajstić information content (AvgIpc) is 3.06. The van der Waals surface area contributed by atoms with Crippen molar-refractivity contribution < 1.29 is 13.2 Å². The van der Waals surface area contributed by atoms with Crippen LogP contribution in [-0.2, 0) is 21.4 Å². The van der Waals surface area contributed by atoms with Crippen molar-refractivity contribution in [2.24, 2.45) is 0 Å². The topological polar surface area (TPSA) is 57.7 Å². The number of benzene rings is 2. The van der Waals surface area contributed by atoms with E-state index in [1.54, 1.807) is 29.2 Å². The third-order valence-corrected chi connectivity index (χ3v) is 6.35. The van der Waals surface area contributed by atoms with Crippen LogP contribution in [0.25, 0.3) is 0 Å². The van der Waals surface area contributed by atoms with E-state index in [0.717, 1.165) is 17.7 Å². The van der Waals surface area contributed by atoms with E-state index in [1.165, 1.54) is 4.31 Å². The minimum Gasteiger partial charge on any atom is -0.312 e. The Morgan fingerprint density at radius 2 is 1.72 bits per heavy atom. The first-order chi connectivity index (χ1) is 12.0. The summed E-state index contributed by atoms with van der Waals surface area (Å²) in [6, 6.07) is 16.1. The van der Waals surface area contributed by atoms with Crippen molar-refractivity contribution >= 4 is 21.6 Å². The lowest BCUT2D eigenvalue weighted by Gasteiger charge is -2.21. The van der Waals surface area contributed by atoms with Crippen LogP contribution < -0.4 is 4.90 Å². The number of anilines is 1. The molecule has 1 heterocycles. The van der Waals surface area contributed by atoms with Gasteiger partial charge in [0.15, 0.2) is 0 Å². The molecule has 0 unspecified atom stereocenters. The van der Waals surface area contributed by atoms with E-state index >= 15 is 0 Å². The maximum atomic E-state index is 12.9. The van der Waals surface area contributed by atoms with Gasteiger partial charge in [-0.15, -0.1) is 0 Å². The molecule has 1 aliphatic heterocycles. The van der Waals surface area contributed by atoms with Crippen LogP contribution in [0.1, 0.15) is 25.3 Å². The fourth-order valence-corrected chi connectivity index (χ4v) is 4.46. The van der Waals surface area contributed by atoms with Crippen molar-refractivity contribution in [2.75, 3.05) is 18.0 Å². The van der Waals surface area contributed by atoms with Crippen LogP contribution in [-0.4, -0.2) is 31.7 Å². The second kappa shape index (κ2) is 7.37. The molecule has 2 aromatic rings. The second-order valence-corrected chi connectivity index (χ2v) is 8.00. The molecule has 0 spiro atoms. The Balaban J connectivity index is 1.81. The van der Waals surface area contributed by atoms with E-state index in [4.69, 9.17) is 0 Å². The molecule has 0 bridgehead atoms. The molecule has 1 saturated heterocycles. The summed E-state index contributed by atoms with van der Waals surface area (Å²) in [5, 5.41) is 0. The summed E-state index contributed by atoms with van der Waals surface area (Å²) >= 11 is 0. The van der Waals surface area contributed by atoms with Gasteiger partial charge in [-0.2, -0.15) is 4.31 Å². The highest BCUT2D eigenvalue weighted by Crippen LogP contribution is 2.25. The largest absolute Gasteiger partial charge is 0.312 e. The molecule has 2 aromatic carbocycles. The van der Waals surface area contributed by atoms with Gasteiger partial charge < -0.3 is 4.90 Å². The molecule has 25 heavy (non-hydrogen) atoms. The number of amides is 1. The van der Waals surface area contributed by atoms with Crippen molar-refractivity contribution in [1.29, 1.82) is 0 Å². The van der Waals surface area contributed by atoms with Crippen LogP contribution >= 0.6 is 0 Å².